The number of amides is 1. The van der Waals surface area contributed by atoms with Gasteiger partial charge in [0.1, 0.15) is 0 Å². The summed E-state index contributed by atoms with van der Waals surface area (Å²) >= 11 is 5.83. The van der Waals surface area contributed by atoms with E-state index in [1.165, 1.54) is 0 Å². The van der Waals surface area contributed by atoms with E-state index in [0.29, 0.717) is 18.1 Å². The number of carbonyl (C=O) groups excluding carboxylic acids is 1. The fourth-order valence-electron chi connectivity index (χ4n) is 2.54. The van der Waals surface area contributed by atoms with Gasteiger partial charge in [0.15, 0.2) is 0 Å². The highest BCUT2D eigenvalue weighted by molar-refractivity contribution is 6.30. The van der Waals surface area contributed by atoms with E-state index in [2.05, 4.69) is 10.2 Å². The Morgan fingerprint density at radius 3 is 2.76 bits per heavy atom. The van der Waals surface area contributed by atoms with E-state index < -0.39 is 5.60 Å². The number of hydrogen-bond acceptors (Lipinski definition) is 3. The number of hydrogen-bond donors (Lipinski definition) is 2. The molecule has 1 aromatic carbocycles. The van der Waals surface area contributed by atoms with E-state index in [9.17, 15) is 9.90 Å². The maximum atomic E-state index is 12.0. The van der Waals surface area contributed by atoms with Gasteiger partial charge >= 0.3 is 0 Å². The molecule has 1 aliphatic rings. The second kappa shape index (κ2) is 7.25. The van der Waals surface area contributed by atoms with Gasteiger partial charge in [0.25, 0.3) is 0 Å². The minimum Gasteiger partial charge on any atom is -0.390 e. The summed E-state index contributed by atoms with van der Waals surface area (Å²) in [6, 6.07) is 7.46. The van der Waals surface area contributed by atoms with Gasteiger partial charge in [0.05, 0.1) is 12.1 Å². The van der Waals surface area contributed by atoms with Crippen LogP contribution >= 0.6 is 11.6 Å². The molecular formula is C16H23ClN2O2. The average Bonchev–Trinajstić information content (AvgIpc) is 2.60. The lowest BCUT2D eigenvalue weighted by atomic mass is 9.98. The van der Waals surface area contributed by atoms with Crippen molar-refractivity contribution in [1.29, 1.82) is 0 Å². The van der Waals surface area contributed by atoms with Crippen LogP contribution in [-0.4, -0.2) is 41.1 Å². The van der Waals surface area contributed by atoms with Crippen molar-refractivity contribution in [3.05, 3.63) is 34.9 Å². The third-order valence-corrected chi connectivity index (χ3v) is 4.18. The van der Waals surface area contributed by atoms with E-state index in [4.69, 9.17) is 11.6 Å². The van der Waals surface area contributed by atoms with Crippen LogP contribution in [0.5, 0.6) is 0 Å². The van der Waals surface area contributed by atoms with Crippen molar-refractivity contribution in [3.63, 3.8) is 0 Å². The van der Waals surface area contributed by atoms with Crippen LogP contribution in [0, 0.1) is 0 Å². The lowest BCUT2D eigenvalue weighted by molar-refractivity contribution is -0.122. The zero-order chi connectivity index (χ0) is 15.3. The van der Waals surface area contributed by atoms with Gasteiger partial charge in [0, 0.05) is 18.1 Å². The number of nitrogens with one attached hydrogen (secondary N) is 1. The quantitative estimate of drug-likeness (QED) is 0.896. The lowest BCUT2D eigenvalue weighted by Crippen LogP contribution is -2.38. The average molecular weight is 311 g/mol. The van der Waals surface area contributed by atoms with Crippen molar-refractivity contribution < 1.29 is 9.90 Å². The maximum Gasteiger partial charge on any atom is 0.234 e. The molecule has 1 atom stereocenters. The normalized spacial score (nSPS) is 23.6. The number of rotatable bonds is 4. The van der Waals surface area contributed by atoms with Crippen LogP contribution in [0.15, 0.2) is 24.3 Å². The number of nitrogens with zero attached hydrogens (tertiary/aromatic N) is 1. The smallest absolute Gasteiger partial charge is 0.234 e. The molecule has 4 nitrogen and oxygen atoms in total. The molecule has 1 aliphatic heterocycles. The Kier molecular flexibility index (Phi) is 5.62. The Bertz CT molecular complexity index is 474. The fraction of sp³-hybridized carbons (Fsp3) is 0.562. The summed E-state index contributed by atoms with van der Waals surface area (Å²) < 4.78 is 0. The van der Waals surface area contributed by atoms with Gasteiger partial charge in [0.2, 0.25) is 5.91 Å². The molecule has 0 aliphatic carbocycles. The summed E-state index contributed by atoms with van der Waals surface area (Å²) in [6.45, 7) is 4.41. The van der Waals surface area contributed by atoms with Gasteiger partial charge < -0.3 is 10.4 Å². The largest absolute Gasteiger partial charge is 0.390 e. The van der Waals surface area contributed by atoms with E-state index in [-0.39, 0.29) is 5.91 Å². The third kappa shape index (κ3) is 5.65. The summed E-state index contributed by atoms with van der Waals surface area (Å²) in [7, 11) is 0. The van der Waals surface area contributed by atoms with Crippen LogP contribution in [0.4, 0.5) is 0 Å². The van der Waals surface area contributed by atoms with Crippen molar-refractivity contribution in [2.45, 2.75) is 38.3 Å². The molecule has 5 heteroatoms. The molecule has 1 saturated heterocycles. The zero-order valence-electron chi connectivity index (χ0n) is 12.4. The Labute approximate surface area is 131 Å². The number of carbonyl (C=O) groups is 1. The van der Waals surface area contributed by atoms with Crippen LogP contribution < -0.4 is 5.32 Å². The second-order valence-electron chi connectivity index (χ2n) is 6.03. The molecule has 2 rings (SSSR count). The molecular weight excluding hydrogens is 288 g/mol. The Morgan fingerprint density at radius 1 is 1.33 bits per heavy atom. The van der Waals surface area contributed by atoms with Gasteiger partial charge in [-0.15, -0.1) is 0 Å². The number of benzene rings is 1. The van der Waals surface area contributed by atoms with Crippen molar-refractivity contribution in [2.75, 3.05) is 19.6 Å². The molecule has 0 saturated carbocycles. The van der Waals surface area contributed by atoms with Gasteiger partial charge in [-0.05, 0) is 50.4 Å². The Morgan fingerprint density at radius 2 is 2.05 bits per heavy atom. The summed E-state index contributed by atoms with van der Waals surface area (Å²) in [5.74, 6) is 0.0199. The van der Waals surface area contributed by atoms with Crippen molar-refractivity contribution in [3.8, 4) is 0 Å². The second-order valence-corrected chi connectivity index (χ2v) is 6.47. The molecule has 1 fully saturated rings. The lowest BCUT2D eigenvalue weighted by Gasteiger charge is -2.22. The summed E-state index contributed by atoms with van der Waals surface area (Å²) in [6.07, 6.45) is 2.45. The zero-order valence-corrected chi connectivity index (χ0v) is 13.2. The van der Waals surface area contributed by atoms with Crippen LogP contribution in [0.2, 0.25) is 5.02 Å². The molecule has 0 spiro atoms. The van der Waals surface area contributed by atoms with Crippen molar-refractivity contribution in [1.82, 2.24) is 10.2 Å². The SMILES string of the molecule is CC1(O)CCCN(CC(=O)NCc2ccc(Cl)cc2)CC1. The molecule has 0 aromatic heterocycles. The van der Waals surface area contributed by atoms with E-state index in [0.717, 1.165) is 37.9 Å². The topological polar surface area (TPSA) is 52.6 Å². The van der Waals surface area contributed by atoms with Crippen LogP contribution in [0.25, 0.3) is 0 Å². The highest BCUT2D eigenvalue weighted by Crippen LogP contribution is 2.21. The summed E-state index contributed by atoms with van der Waals surface area (Å²) in [5.41, 5.74) is 0.445. The maximum absolute atomic E-state index is 12.0. The molecule has 0 bridgehead atoms. The predicted octanol–water partition coefficient (Wildman–Crippen LogP) is 2.19. The van der Waals surface area contributed by atoms with Gasteiger partial charge in [-0.1, -0.05) is 23.7 Å². The first-order chi connectivity index (χ1) is 9.94. The van der Waals surface area contributed by atoms with Gasteiger partial charge in [-0.2, -0.15) is 0 Å². The summed E-state index contributed by atoms with van der Waals surface area (Å²) in [4.78, 5) is 14.1. The molecule has 21 heavy (non-hydrogen) atoms. The molecule has 1 heterocycles. The van der Waals surface area contributed by atoms with Crippen molar-refractivity contribution >= 4 is 17.5 Å². The molecule has 0 radical (unpaired) electrons. The first-order valence-electron chi connectivity index (χ1n) is 7.40. The predicted molar refractivity (Wildman–Crippen MR) is 84.2 cm³/mol. The fourth-order valence-corrected chi connectivity index (χ4v) is 2.67. The number of halogens is 1. The Balaban J connectivity index is 1.75. The standard InChI is InChI=1S/C16H23ClN2O2/c1-16(21)7-2-9-19(10-8-16)12-15(20)18-11-13-3-5-14(17)6-4-13/h3-6,21H,2,7-12H2,1H3,(H,18,20). The molecule has 116 valence electrons. The van der Waals surface area contributed by atoms with E-state index in [1.807, 2.05) is 31.2 Å². The minimum absolute atomic E-state index is 0.0199. The highest BCUT2D eigenvalue weighted by Gasteiger charge is 2.25. The number of likely N-dealkylation sites (tertiary alicyclic amines) is 1. The van der Waals surface area contributed by atoms with Gasteiger partial charge in [-0.3, -0.25) is 9.69 Å². The van der Waals surface area contributed by atoms with Crippen LogP contribution in [0.3, 0.4) is 0 Å². The third-order valence-electron chi connectivity index (χ3n) is 3.93. The first-order valence-corrected chi connectivity index (χ1v) is 7.78. The van der Waals surface area contributed by atoms with Crippen LogP contribution in [0.1, 0.15) is 31.7 Å². The highest BCUT2D eigenvalue weighted by atomic mass is 35.5. The first kappa shape index (κ1) is 16.3. The van der Waals surface area contributed by atoms with E-state index >= 15 is 0 Å². The van der Waals surface area contributed by atoms with Gasteiger partial charge in [-0.25, -0.2) is 0 Å². The monoisotopic (exact) mass is 310 g/mol. The minimum atomic E-state index is -0.589. The summed E-state index contributed by atoms with van der Waals surface area (Å²) in [5, 5.41) is 13.7. The number of aliphatic hydroxyl groups is 1. The molecule has 1 unspecified atom stereocenters. The van der Waals surface area contributed by atoms with E-state index in [1.54, 1.807) is 0 Å². The van der Waals surface area contributed by atoms with Crippen molar-refractivity contribution in [2.24, 2.45) is 0 Å². The molecule has 1 aromatic rings. The molecule has 1 amide bonds. The molecule has 2 N–H and O–H groups in total. The Hall–Kier alpha value is -1.10. The van der Waals surface area contributed by atoms with Crippen LogP contribution in [-0.2, 0) is 11.3 Å².